The highest BCUT2D eigenvalue weighted by Crippen LogP contribution is 2.18. The SMILES string of the molecule is CCOCC(NC(CC#N)c1ccccc1)C(C)C. The van der Waals surface area contributed by atoms with Crippen molar-refractivity contribution in [2.45, 2.75) is 39.3 Å². The topological polar surface area (TPSA) is 45.0 Å². The summed E-state index contributed by atoms with van der Waals surface area (Å²) < 4.78 is 5.53. The van der Waals surface area contributed by atoms with Crippen LogP contribution in [0.1, 0.15) is 38.8 Å². The number of hydrogen-bond acceptors (Lipinski definition) is 3. The molecule has 0 aliphatic heterocycles. The molecule has 0 fully saturated rings. The maximum atomic E-state index is 9.00. The Labute approximate surface area is 116 Å². The fourth-order valence-electron chi connectivity index (χ4n) is 1.99. The van der Waals surface area contributed by atoms with Crippen LogP contribution in [0.3, 0.4) is 0 Å². The van der Waals surface area contributed by atoms with Crippen LogP contribution in [-0.4, -0.2) is 19.3 Å². The first kappa shape index (κ1) is 15.7. The highest BCUT2D eigenvalue weighted by Gasteiger charge is 2.19. The van der Waals surface area contributed by atoms with E-state index in [2.05, 4.69) is 37.4 Å². The summed E-state index contributed by atoms with van der Waals surface area (Å²) >= 11 is 0. The van der Waals surface area contributed by atoms with Crippen molar-refractivity contribution in [3.63, 3.8) is 0 Å². The first-order valence-corrected chi connectivity index (χ1v) is 6.94. The minimum absolute atomic E-state index is 0.0686. The predicted octanol–water partition coefficient (Wildman–Crippen LogP) is 3.29. The van der Waals surface area contributed by atoms with E-state index in [4.69, 9.17) is 10.00 Å². The van der Waals surface area contributed by atoms with Gasteiger partial charge in [-0.2, -0.15) is 5.26 Å². The van der Waals surface area contributed by atoms with Gasteiger partial charge >= 0.3 is 0 Å². The average Bonchev–Trinajstić information content (AvgIpc) is 2.43. The average molecular weight is 260 g/mol. The first-order valence-electron chi connectivity index (χ1n) is 6.94. The van der Waals surface area contributed by atoms with E-state index in [9.17, 15) is 0 Å². The largest absolute Gasteiger partial charge is 0.380 e. The van der Waals surface area contributed by atoms with Gasteiger partial charge in [-0.1, -0.05) is 44.2 Å². The molecule has 1 aromatic carbocycles. The lowest BCUT2D eigenvalue weighted by Gasteiger charge is -2.27. The highest BCUT2D eigenvalue weighted by molar-refractivity contribution is 5.20. The summed E-state index contributed by atoms with van der Waals surface area (Å²) in [6, 6.07) is 12.7. The molecular weight excluding hydrogens is 236 g/mol. The number of hydrogen-bond donors (Lipinski definition) is 1. The second-order valence-corrected chi connectivity index (χ2v) is 5.00. The van der Waals surface area contributed by atoms with Gasteiger partial charge in [0.1, 0.15) is 0 Å². The van der Waals surface area contributed by atoms with Crippen molar-refractivity contribution in [2.75, 3.05) is 13.2 Å². The Hall–Kier alpha value is -1.37. The van der Waals surface area contributed by atoms with E-state index in [0.29, 0.717) is 18.9 Å². The van der Waals surface area contributed by atoms with Gasteiger partial charge in [0.05, 0.1) is 19.1 Å². The maximum absolute atomic E-state index is 9.00. The molecule has 2 unspecified atom stereocenters. The number of nitrogens with zero attached hydrogens (tertiary/aromatic N) is 1. The lowest BCUT2D eigenvalue weighted by atomic mass is 9.99. The van der Waals surface area contributed by atoms with E-state index in [1.165, 1.54) is 0 Å². The fourth-order valence-corrected chi connectivity index (χ4v) is 1.99. The van der Waals surface area contributed by atoms with Crippen LogP contribution in [0.15, 0.2) is 30.3 Å². The van der Waals surface area contributed by atoms with Gasteiger partial charge in [0.2, 0.25) is 0 Å². The number of rotatable bonds is 8. The molecule has 3 nitrogen and oxygen atoms in total. The molecule has 0 bridgehead atoms. The highest BCUT2D eigenvalue weighted by atomic mass is 16.5. The second kappa shape index (κ2) is 8.68. The molecule has 1 rings (SSSR count). The van der Waals surface area contributed by atoms with E-state index in [1.807, 2.05) is 25.1 Å². The number of nitrogens with one attached hydrogen (secondary N) is 1. The van der Waals surface area contributed by atoms with Gasteiger partial charge < -0.3 is 10.1 Å². The third kappa shape index (κ3) is 5.42. The second-order valence-electron chi connectivity index (χ2n) is 5.00. The van der Waals surface area contributed by atoms with Crippen LogP contribution in [0.25, 0.3) is 0 Å². The van der Waals surface area contributed by atoms with E-state index in [0.717, 1.165) is 12.2 Å². The molecule has 19 heavy (non-hydrogen) atoms. The molecule has 104 valence electrons. The van der Waals surface area contributed by atoms with E-state index in [1.54, 1.807) is 0 Å². The summed E-state index contributed by atoms with van der Waals surface area (Å²) in [4.78, 5) is 0. The summed E-state index contributed by atoms with van der Waals surface area (Å²) in [6.45, 7) is 7.75. The lowest BCUT2D eigenvalue weighted by molar-refractivity contribution is 0.103. The summed E-state index contributed by atoms with van der Waals surface area (Å²) in [5.74, 6) is 0.469. The van der Waals surface area contributed by atoms with E-state index >= 15 is 0 Å². The Morgan fingerprint density at radius 1 is 1.26 bits per heavy atom. The van der Waals surface area contributed by atoms with Crippen molar-refractivity contribution in [2.24, 2.45) is 5.92 Å². The molecule has 2 atom stereocenters. The number of nitriles is 1. The Bertz CT molecular complexity index is 383. The number of ether oxygens (including phenoxy) is 1. The van der Waals surface area contributed by atoms with Gasteiger partial charge in [-0.05, 0) is 18.4 Å². The van der Waals surface area contributed by atoms with Gasteiger partial charge in [-0.25, -0.2) is 0 Å². The van der Waals surface area contributed by atoms with Crippen LogP contribution >= 0.6 is 0 Å². The zero-order valence-corrected chi connectivity index (χ0v) is 12.1. The standard InChI is InChI=1S/C16H24N2O/c1-4-19-12-16(13(2)3)18-15(10-11-17)14-8-6-5-7-9-14/h5-9,13,15-16,18H,4,10,12H2,1-3H3. The Kier molecular flexibility index (Phi) is 7.17. The van der Waals surface area contributed by atoms with Crippen molar-refractivity contribution < 1.29 is 4.74 Å². The molecular formula is C16H24N2O. The summed E-state index contributed by atoms with van der Waals surface area (Å²) in [7, 11) is 0. The van der Waals surface area contributed by atoms with Crippen LogP contribution in [0, 0.1) is 17.2 Å². The summed E-state index contributed by atoms with van der Waals surface area (Å²) in [5.41, 5.74) is 1.16. The maximum Gasteiger partial charge on any atom is 0.0641 e. The summed E-state index contributed by atoms with van der Waals surface area (Å²) in [5, 5.41) is 12.6. The minimum Gasteiger partial charge on any atom is -0.380 e. The Morgan fingerprint density at radius 3 is 2.47 bits per heavy atom. The molecule has 0 radical (unpaired) electrons. The third-order valence-corrected chi connectivity index (χ3v) is 3.22. The van der Waals surface area contributed by atoms with Crippen LogP contribution in [-0.2, 0) is 4.74 Å². The van der Waals surface area contributed by atoms with Crippen molar-refractivity contribution in [3.05, 3.63) is 35.9 Å². The van der Waals surface area contributed by atoms with Crippen LogP contribution in [0.2, 0.25) is 0 Å². The monoisotopic (exact) mass is 260 g/mol. The zero-order chi connectivity index (χ0) is 14.1. The Morgan fingerprint density at radius 2 is 1.95 bits per heavy atom. The van der Waals surface area contributed by atoms with Gasteiger partial charge in [0, 0.05) is 18.7 Å². The summed E-state index contributed by atoms with van der Waals surface area (Å²) in [6.07, 6.45) is 0.472. The smallest absolute Gasteiger partial charge is 0.0641 e. The van der Waals surface area contributed by atoms with E-state index < -0.39 is 0 Å². The molecule has 3 heteroatoms. The van der Waals surface area contributed by atoms with E-state index in [-0.39, 0.29) is 12.1 Å². The van der Waals surface area contributed by atoms with Crippen molar-refractivity contribution in [3.8, 4) is 6.07 Å². The molecule has 0 heterocycles. The fraction of sp³-hybridized carbons (Fsp3) is 0.562. The first-order chi connectivity index (χ1) is 9.19. The lowest BCUT2D eigenvalue weighted by Crippen LogP contribution is -2.40. The molecule has 0 saturated heterocycles. The normalized spacial score (nSPS) is 14.1. The van der Waals surface area contributed by atoms with Crippen LogP contribution in [0.4, 0.5) is 0 Å². The van der Waals surface area contributed by atoms with Crippen molar-refractivity contribution in [1.82, 2.24) is 5.32 Å². The molecule has 0 spiro atoms. The molecule has 1 aromatic rings. The predicted molar refractivity (Wildman–Crippen MR) is 77.7 cm³/mol. The zero-order valence-electron chi connectivity index (χ0n) is 12.1. The van der Waals surface area contributed by atoms with Crippen LogP contribution in [0.5, 0.6) is 0 Å². The number of benzene rings is 1. The van der Waals surface area contributed by atoms with Crippen LogP contribution < -0.4 is 5.32 Å². The quantitative estimate of drug-likeness (QED) is 0.780. The van der Waals surface area contributed by atoms with Gasteiger partial charge in [-0.3, -0.25) is 0 Å². The van der Waals surface area contributed by atoms with Gasteiger partial charge in [0.15, 0.2) is 0 Å². The van der Waals surface area contributed by atoms with Crippen molar-refractivity contribution >= 4 is 0 Å². The van der Waals surface area contributed by atoms with Crippen molar-refractivity contribution in [1.29, 1.82) is 5.26 Å². The molecule has 0 aliphatic carbocycles. The molecule has 0 amide bonds. The molecule has 0 aliphatic rings. The van der Waals surface area contributed by atoms with Gasteiger partial charge in [-0.15, -0.1) is 0 Å². The third-order valence-electron chi connectivity index (χ3n) is 3.22. The van der Waals surface area contributed by atoms with Gasteiger partial charge in [0.25, 0.3) is 0 Å². The molecule has 1 N–H and O–H groups in total. The molecule has 0 saturated carbocycles. The molecule has 0 aromatic heterocycles. The Balaban J connectivity index is 2.73. The minimum atomic E-state index is 0.0686.